The highest BCUT2D eigenvalue weighted by Gasteiger charge is 2.51. The van der Waals surface area contributed by atoms with E-state index < -0.39 is 50.4 Å². The van der Waals surface area contributed by atoms with Crippen molar-refractivity contribution in [2.24, 2.45) is 0 Å². The molecule has 1 aliphatic rings. The number of ether oxygens (including phenoxy) is 1. The Labute approximate surface area is 267 Å². The van der Waals surface area contributed by atoms with E-state index in [0.717, 1.165) is 32.1 Å². The van der Waals surface area contributed by atoms with Crippen LogP contribution in [0.4, 0.5) is 10.2 Å². The lowest BCUT2D eigenvalue weighted by Gasteiger charge is -2.35. The highest BCUT2D eigenvalue weighted by molar-refractivity contribution is 7.51. The first-order valence-corrected chi connectivity index (χ1v) is 17.0. The van der Waals surface area contributed by atoms with Gasteiger partial charge in [0.2, 0.25) is 0 Å². The Hall–Kier alpha value is -3.60. The first-order valence-electron chi connectivity index (χ1n) is 15.5. The number of nitrogen functional groups attached to an aromatic ring is 1. The number of carboxylic acid groups (broad SMARTS) is 1. The van der Waals surface area contributed by atoms with E-state index in [-0.39, 0.29) is 35.7 Å². The first kappa shape index (κ1) is 35.3. The maximum atomic E-state index is 14.7. The highest BCUT2D eigenvalue weighted by Crippen LogP contribution is 2.55. The molecular formula is C31H42FN6O7P. The number of carboxylic acids is 1. The molecule has 2 aromatic heterocycles. The Morgan fingerprint density at radius 3 is 2.57 bits per heavy atom. The lowest BCUT2D eigenvalue weighted by molar-refractivity contribution is -0.141. The summed E-state index contributed by atoms with van der Waals surface area (Å²) in [6.45, 7) is 3.05. The average Bonchev–Trinajstić information content (AvgIpc) is 3.60. The van der Waals surface area contributed by atoms with Crippen molar-refractivity contribution in [3.63, 3.8) is 0 Å². The van der Waals surface area contributed by atoms with Gasteiger partial charge in [0.25, 0.3) is 0 Å². The van der Waals surface area contributed by atoms with Crippen LogP contribution in [0.5, 0.6) is 5.75 Å². The van der Waals surface area contributed by atoms with Crippen molar-refractivity contribution in [2.45, 2.75) is 95.6 Å². The van der Waals surface area contributed by atoms with Gasteiger partial charge in [-0.1, -0.05) is 76.0 Å². The van der Waals surface area contributed by atoms with Gasteiger partial charge in [-0.15, -0.1) is 6.42 Å². The number of aromatic nitrogens is 4. The molecule has 0 amide bonds. The predicted octanol–water partition coefficient (Wildman–Crippen LogP) is 5.32. The molecule has 3 aromatic rings. The summed E-state index contributed by atoms with van der Waals surface area (Å²) in [6, 6.07) is 6.99. The van der Waals surface area contributed by atoms with E-state index in [1.54, 1.807) is 30.3 Å². The summed E-state index contributed by atoms with van der Waals surface area (Å²) in [6.07, 6.45) is 11.7. The fraction of sp³-hybridized carbons (Fsp3) is 0.548. The van der Waals surface area contributed by atoms with Crippen LogP contribution in [0.3, 0.4) is 0 Å². The fourth-order valence-corrected chi connectivity index (χ4v) is 7.31. The van der Waals surface area contributed by atoms with Crippen molar-refractivity contribution in [3.8, 4) is 18.1 Å². The van der Waals surface area contributed by atoms with Gasteiger partial charge in [0.15, 0.2) is 22.6 Å². The van der Waals surface area contributed by atoms with Crippen molar-refractivity contribution >= 4 is 30.7 Å². The number of hydrogen-bond donors (Lipinski definition) is 3. The number of benzene rings is 1. The molecule has 1 fully saturated rings. The van der Waals surface area contributed by atoms with Crippen LogP contribution in [0.1, 0.15) is 77.9 Å². The van der Waals surface area contributed by atoms with E-state index in [1.807, 2.05) is 0 Å². The molecule has 13 nitrogen and oxygen atoms in total. The van der Waals surface area contributed by atoms with Crippen LogP contribution in [0, 0.1) is 18.4 Å². The van der Waals surface area contributed by atoms with Gasteiger partial charge in [-0.05, 0) is 25.5 Å². The number of nitrogens with two attached hydrogens (primary N) is 1. The molecule has 0 radical (unpaired) electrons. The third-order valence-corrected chi connectivity index (χ3v) is 10.1. The Bertz CT molecular complexity index is 1550. The minimum atomic E-state index is -4.44. The number of aliphatic hydroxyl groups excluding tert-OH is 1. The van der Waals surface area contributed by atoms with Gasteiger partial charge in [-0.25, -0.2) is 9.55 Å². The van der Waals surface area contributed by atoms with Crippen LogP contribution < -0.4 is 10.3 Å². The minimum Gasteiger partial charge on any atom is -0.480 e. The van der Waals surface area contributed by atoms with Gasteiger partial charge in [-0.3, -0.25) is 13.9 Å². The topological polar surface area (TPSA) is 175 Å². The number of hydrogen-bond acceptors (Lipinski definition) is 10. The zero-order chi connectivity index (χ0) is 33.3. The van der Waals surface area contributed by atoms with Crippen molar-refractivity contribution in [3.05, 3.63) is 42.7 Å². The van der Waals surface area contributed by atoms with Crippen LogP contribution >= 0.6 is 7.75 Å². The summed E-state index contributed by atoms with van der Waals surface area (Å²) in [4.78, 5) is 23.6. The third-order valence-electron chi connectivity index (χ3n) is 8.05. The zero-order valence-corrected chi connectivity index (χ0v) is 27.0. The second kappa shape index (κ2) is 15.8. The molecular weight excluding hydrogens is 618 g/mol. The normalized spacial score (nSPS) is 21.7. The largest absolute Gasteiger partial charge is 0.480 e. The molecule has 46 heavy (non-hydrogen) atoms. The molecule has 250 valence electrons. The fourth-order valence-electron chi connectivity index (χ4n) is 5.35. The third kappa shape index (κ3) is 8.21. The molecule has 1 aliphatic heterocycles. The predicted molar refractivity (Wildman–Crippen MR) is 169 cm³/mol. The maximum Gasteiger partial charge on any atom is 0.462 e. The number of aliphatic hydroxyl groups is 1. The molecule has 15 heteroatoms. The number of halogens is 1. The van der Waals surface area contributed by atoms with Crippen molar-refractivity contribution in [2.75, 3.05) is 18.9 Å². The van der Waals surface area contributed by atoms with Gasteiger partial charge in [0.1, 0.15) is 30.7 Å². The summed E-state index contributed by atoms with van der Waals surface area (Å²) in [5.74, 6) is 1.22. The van der Waals surface area contributed by atoms with Crippen molar-refractivity contribution < 1.29 is 37.7 Å². The molecule has 0 bridgehead atoms. The molecule has 4 rings (SSSR count). The standard InChI is InChI=1S/C31H42FN6O7P/c1-4-6-7-8-9-10-11-15-18-38(22(3)29(40)41)46(42,45-23-16-13-12-14-17-23)43-20-31(5-2)24(39)19-25(44-31)37-21-34-26-27(33)35-30(32)36-28(26)37/h2,12-14,16-17,21-22,24-25,39H,4,6-11,15,18-20H2,1,3H3,(H,40,41)(H2,33,35,36)/t22?,24-,25+,31+,46?/m0/s1. The number of para-hydroxylation sites is 1. The van der Waals surface area contributed by atoms with Gasteiger partial charge in [0, 0.05) is 13.0 Å². The van der Waals surface area contributed by atoms with Crippen LogP contribution in [0.15, 0.2) is 36.7 Å². The number of terminal acetylenes is 1. The molecule has 5 atom stereocenters. The number of fused-ring (bicyclic) bond motifs is 1. The Morgan fingerprint density at radius 1 is 1.24 bits per heavy atom. The molecule has 0 aliphatic carbocycles. The SMILES string of the molecule is C#C[C@]1(COP(=O)(Oc2ccccc2)N(CCCCCCCCCC)C(C)C(=O)O)O[C@@H](n2cnc3c(N)nc(F)nc32)C[C@@H]1O. The second-order valence-electron chi connectivity index (χ2n) is 11.4. The number of aliphatic carboxylic acids is 1. The molecule has 1 saturated heterocycles. The summed E-state index contributed by atoms with van der Waals surface area (Å²) in [5, 5.41) is 21.1. The average molecular weight is 661 g/mol. The molecule has 4 N–H and O–H groups in total. The summed E-state index contributed by atoms with van der Waals surface area (Å²) >= 11 is 0. The Kier molecular flexibility index (Phi) is 12.1. The number of rotatable bonds is 18. The van der Waals surface area contributed by atoms with Crippen LogP contribution in [0.25, 0.3) is 11.2 Å². The number of unbranched alkanes of at least 4 members (excludes halogenated alkanes) is 7. The molecule has 1 aromatic carbocycles. The monoisotopic (exact) mass is 660 g/mol. The number of imidazole rings is 1. The van der Waals surface area contributed by atoms with Gasteiger partial charge < -0.3 is 25.2 Å². The minimum absolute atomic E-state index is 0.0286. The smallest absolute Gasteiger partial charge is 0.462 e. The van der Waals surface area contributed by atoms with E-state index in [1.165, 1.54) is 35.3 Å². The molecule has 0 saturated carbocycles. The second-order valence-corrected chi connectivity index (χ2v) is 13.2. The molecule has 2 unspecified atom stereocenters. The zero-order valence-electron chi connectivity index (χ0n) is 26.1. The summed E-state index contributed by atoms with van der Waals surface area (Å²) < 4.78 is 49.2. The van der Waals surface area contributed by atoms with Gasteiger partial charge in [0.05, 0.1) is 6.33 Å². The van der Waals surface area contributed by atoms with E-state index in [2.05, 4.69) is 27.8 Å². The summed E-state index contributed by atoms with van der Waals surface area (Å²) in [5.41, 5.74) is 4.10. The van der Waals surface area contributed by atoms with E-state index in [4.69, 9.17) is 25.9 Å². The van der Waals surface area contributed by atoms with E-state index in [9.17, 15) is 24.0 Å². The lowest BCUT2D eigenvalue weighted by atomic mass is 9.99. The van der Waals surface area contributed by atoms with Crippen molar-refractivity contribution in [1.29, 1.82) is 0 Å². The highest BCUT2D eigenvalue weighted by atomic mass is 31.2. The Morgan fingerprint density at radius 2 is 1.91 bits per heavy atom. The first-order chi connectivity index (χ1) is 22.0. The van der Waals surface area contributed by atoms with E-state index >= 15 is 0 Å². The number of carbonyl (C=O) groups is 1. The van der Waals surface area contributed by atoms with Crippen molar-refractivity contribution in [1.82, 2.24) is 24.2 Å². The number of nitrogens with zero attached hydrogens (tertiary/aromatic N) is 5. The maximum absolute atomic E-state index is 14.7. The quantitative estimate of drug-likeness (QED) is 0.0694. The van der Waals surface area contributed by atoms with Gasteiger partial charge in [-0.2, -0.15) is 19.0 Å². The number of anilines is 1. The lowest BCUT2D eigenvalue weighted by Crippen LogP contribution is -2.44. The van der Waals surface area contributed by atoms with Crippen LogP contribution in [0.2, 0.25) is 0 Å². The van der Waals surface area contributed by atoms with Gasteiger partial charge >= 0.3 is 19.8 Å². The summed E-state index contributed by atoms with van der Waals surface area (Å²) in [7, 11) is -4.44. The van der Waals surface area contributed by atoms with Crippen LogP contribution in [-0.4, -0.2) is 71.3 Å². The Balaban J connectivity index is 1.56. The van der Waals surface area contributed by atoms with Crippen LogP contribution in [-0.2, 0) is 18.6 Å². The molecule has 0 spiro atoms. The van der Waals surface area contributed by atoms with E-state index in [0.29, 0.717) is 6.42 Å². The molecule has 3 heterocycles.